The van der Waals surface area contributed by atoms with Crippen LogP contribution in [-0.4, -0.2) is 80.4 Å². The summed E-state index contributed by atoms with van der Waals surface area (Å²) in [4.78, 5) is 60.9. The third-order valence-electron chi connectivity index (χ3n) is 5.39. The van der Waals surface area contributed by atoms with E-state index in [0.717, 1.165) is 6.92 Å². The third kappa shape index (κ3) is 11.3. The SMILES string of the molecule is CC(C)CC(NC(=O)C(N)Cc1ccc(O)cc1)C(=O)NC(CCC(=O)O)C(=O)NC(C(=O)O)C(C)O. The summed E-state index contributed by atoms with van der Waals surface area (Å²) in [5, 5.41) is 44.3. The van der Waals surface area contributed by atoms with Crippen LogP contribution in [0, 0.1) is 5.92 Å². The van der Waals surface area contributed by atoms with E-state index in [2.05, 4.69) is 16.0 Å². The van der Waals surface area contributed by atoms with E-state index in [4.69, 9.17) is 10.8 Å². The van der Waals surface area contributed by atoms with Gasteiger partial charge in [-0.3, -0.25) is 19.2 Å². The van der Waals surface area contributed by atoms with Gasteiger partial charge in [-0.1, -0.05) is 26.0 Å². The number of carbonyl (C=O) groups excluding carboxylic acids is 3. The van der Waals surface area contributed by atoms with Gasteiger partial charge in [0.05, 0.1) is 12.1 Å². The van der Waals surface area contributed by atoms with Gasteiger partial charge in [-0.05, 0) is 49.8 Å². The van der Waals surface area contributed by atoms with Gasteiger partial charge in [-0.2, -0.15) is 0 Å². The molecule has 0 saturated carbocycles. The van der Waals surface area contributed by atoms with Crippen LogP contribution in [0.15, 0.2) is 24.3 Å². The van der Waals surface area contributed by atoms with Crippen molar-refractivity contribution in [2.45, 2.75) is 76.7 Å². The lowest BCUT2D eigenvalue weighted by Gasteiger charge is -2.26. The van der Waals surface area contributed by atoms with Crippen molar-refractivity contribution in [2.24, 2.45) is 11.7 Å². The van der Waals surface area contributed by atoms with E-state index in [-0.39, 0.29) is 30.9 Å². The van der Waals surface area contributed by atoms with Crippen LogP contribution in [0.2, 0.25) is 0 Å². The topological polar surface area (TPSA) is 228 Å². The maximum absolute atomic E-state index is 13.1. The number of aliphatic hydroxyl groups excluding tert-OH is 1. The molecule has 1 aromatic rings. The zero-order valence-electron chi connectivity index (χ0n) is 21.0. The minimum Gasteiger partial charge on any atom is -0.508 e. The smallest absolute Gasteiger partial charge is 0.328 e. The van der Waals surface area contributed by atoms with E-state index in [1.54, 1.807) is 26.0 Å². The van der Waals surface area contributed by atoms with Gasteiger partial charge in [0.2, 0.25) is 17.7 Å². The summed E-state index contributed by atoms with van der Waals surface area (Å²) in [6.45, 7) is 4.76. The van der Waals surface area contributed by atoms with Gasteiger partial charge in [-0.15, -0.1) is 0 Å². The zero-order valence-corrected chi connectivity index (χ0v) is 21.0. The van der Waals surface area contributed by atoms with E-state index in [9.17, 15) is 39.3 Å². The third-order valence-corrected chi connectivity index (χ3v) is 5.39. The summed E-state index contributed by atoms with van der Waals surface area (Å²) in [5.74, 6) is -5.19. The molecule has 0 spiro atoms. The lowest BCUT2D eigenvalue weighted by molar-refractivity contribution is -0.145. The average Bonchev–Trinajstić information content (AvgIpc) is 2.79. The quantitative estimate of drug-likeness (QED) is 0.141. The van der Waals surface area contributed by atoms with Gasteiger partial charge in [0.15, 0.2) is 6.04 Å². The van der Waals surface area contributed by atoms with Crippen molar-refractivity contribution in [3.8, 4) is 5.75 Å². The maximum Gasteiger partial charge on any atom is 0.328 e. The molecule has 13 heteroatoms. The molecule has 0 saturated heterocycles. The monoisotopic (exact) mass is 524 g/mol. The van der Waals surface area contributed by atoms with Crippen LogP contribution in [0.5, 0.6) is 5.75 Å². The Labute approximate surface area is 214 Å². The number of aliphatic carboxylic acids is 2. The van der Waals surface area contributed by atoms with Crippen molar-refractivity contribution in [2.75, 3.05) is 0 Å². The first-order valence-electron chi connectivity index (χ1n) is 11.8. The molecule has 206 valence electrons. The second-order valence-corrected chi connectivity index (χ2v) is 9.23. The van der Waals surface area contributed by atoms with Crippen LogP contribution in [-0.2, 0) is 30.4 Å². The second kappa shape index (κ2) is 14.8. The zero-order chi connectivity index (χ0) is 28.3. The Morgan fingerprint density at radius 2 is 1.41 bits per heavy atom. The highest BCUT2D eigenvalue weighted by Gasteiger charge is 2.32. The summed E-state index contributed by atoms with van der Waals surface area (Å²) in [6, 6.07) is 0.829. The Balaban J connectivity index is 3.00. The summed E-state index contributed by atoms with van der Waals surface area (Å²) in [5.41, 5.74) is 6.68. The molecule has 5 atom stereocenters. The molecule has 0 aliphatic heterocycles. The largest absolute Gasteiger partial charge is 0.508 e. The predicted molar refractivity (Wildman–Crippen MR) is 131 cm³/mol. The Morgan fingerprint density at radius 3 is 1.89 bits per heavy atom. The number of carboxylic acid groups (broad SMARTS) is 2. The fourth-order valence-corrected chi connectivity index (χ4v) is 3.41. The summed E-state index contributed by atoms with van der Waals surface area (Å²) in [7, 11) is 0. The number of nitrogens with two attached hydrogens (primary N) is 1. The van der Waals surface area contributed by atoms with Gasteiger partial charge in [0.25, 0.3) is 0 Å². The van der Waals surface area contributed by atoms with E-state index in [0.29, 0.717) is 5.56 Å². The molecule has 0 heterocycles. The highest BCUT2D eigenvalue weighted by molar-refractivity contribution is 5.94. The van der Waals surface area contributed by atoms with Crippen LogP contribution >= 0.6 is 0 Å². The minimum atomic E-state index is -1.68. The van der Waals surface area contributed by atoms with E-state index in [1.165, 1.54) is 12.1 Å². The first-order chi connectivity index (χ1) is 17.2. The van der Waals surface area contributed by atoms with Crippen molar-refractivity contribution < 1.29 is 44.4 Å². The molecule has 37 heavy (non-hydrogen) atoms. The molecule has 5 unspecified atom stereocenters. The first-order valence-corrected chi connectivity index (χ1v) is 11.8. The van der Waals surface area contributed by atoms with Crippen molar-refractivity contribution >= 4 is 29.7 Å². The average molecular weight is 525 g/mol. The first kappa shape index (κ1) is 31.3. The Morgan fingerprint density at radius 1 is 0.865 bits per heavy atom. The van der Waals surface area contributed by atoms with Crippen molar-refractivity contribution in [1.29, 1.82) is 0 Å². The molecule has 0 bridgehead atoms. The molecule has 0 aliphatic carbocycles. The molecule has 1 rings (SSSR count). The summed E-state index contributed by atoms with van der Waals surface area (Å²) in [6.07, 6.45) is -2.03. The molecule has 0 fully saturated rings. The molecule has 3 amide bonds. The normalized spacial score (nSPS) is 15.1. The number of phenols is 1. The minimum absolute atomic E-state index is 0.0556. The second-order valence-electron chi connectivity index (χ2n) is 9.23. The number of nitrogens with one attached hydrogen (secondary N) is 3. The van der Waals surface area contributed by atoms with Gasteiger partial charge in [-0.25, -0.2) is 4.79 Å². The fourth-order valence-electron chi connectivity index (χ4n) is 3.41. The number of amides is 3. The lowest BCUT2D eigenvalue weighted by atomic mass is 10.0. The van der Waals surface area contributed by atoms with E-state index < -0.39 is 66.4 Å². The number of phenolic OH excluding ortho intramolecular Hbond substituents is 1. The number of aromatic hydroxyl groups is 1. The van der Waals surface area contributed by atoms with Gasteiger partial charge in [0, 0.05) is 6.42 Å². The maximum atomic E-state index is 13.1. The van der Waals surface area contributed by atoms with E-state index in [1.807, 2.05) is 0 Å². The van der Waals surface area contributed by atoms with Crippen LogP contribution in [0.4, 0.5) is 0 Å². The predicted octanol–water partition coefficient (Wildman–Crippen LogP) is -0.907. The van der Waals surface area contributed by atoms with Crippen LogP contribution < -0.4 is 21.7 Å². The van der Waals surface area contributed by atoms with Crippen LogP contribution in [0.25, 0.3) is 0 Å². The van der Waals surface area contributed by atoms with Gasteiger partial charge < -0.3 is 42.1 Å². The molecule has 0 radical (unpaired) electrons. The molecule has 0 aliphatic rings. The van der Waals surface area contributed by atoms with Crippen molar-refractivity contribution in [3.05, 3.63) is 29.8 Å². The number of aliphatic hydroxyl groups is 1. The van der Waals surface area contributed by atoms with Crippen LogP contribution in [0.3, 0.4) is 0 Å². The Kier molecular flexibility index (Phi) is 12.5. The number of benzene rings is 1. The molecular weight excluding hydrogens is 488 g/mol. The summed E-state index contributed by atoms with van der Waals surface area (Å²) < 4.78 is 0. The van der Waals surface area contributed by atoms with E-state index >= 15 is 0 Å². The number of hydrogen-bond acceptors (Lipinski definition) is 8. The number of carbonyl (C=O) groups is 5. The highest BCUT2D eigenvalue weighted by Crippen LogP contribution is 2.12. The molecular formula is C24H36N4O9. The highest BCUT2D eigenvalue weighted by atomic mass is 16.4. The van der Waals surface area contributed by atoms with Crippen LogP contribution in [0.1, 0.15) is 45.6 Å². The fraction of sp³-hybridized carbons (Fsp3) is 0.542. The standard InChI is InChI=1S/C24H36N4O9/c1-12(2)10-18(27-21(33)16(25)11-14-4-6-15(30)7-5-14)23(35)26-17(8-9-19(31)32)22(34)28-20(13(3)29)24(36)37/h4-7,12-13,16-18,20,29-30H,8-11,25H2,1-3H3,(H,26,35)(H,27,33)(H,28,34)(H,31,32)(H,36,37). The van der Waals surface area contributed by atoms with Crippen molar-refractivity contribution in [3.63, 3.8) is 0 Å². The Bertz CT molecular complexity index is 950. The lowest BCUT2D eigenvalue weighted by Crippen LogP contribution is -2.58. The number of hydrogen-bond donors (Lipinski definition) is 8. The molecule has 1 aromatic carbocycles. The molecule has 13 nitrogen and oxygen atoms in total. The van der Waals surface area contributed by atoms with Crippen molar-refractivity contribution in [1.82, 2.24) is 16.0 Å². The summed E-state index contributed by atoms with van der Waals surface area (Å²) >= 11 is 0. The number of carboxylic acids is 2. The van der Waals surface area contributed by atoms with Gasteiger partial charge >= 0.3 is 11.9 Å². The van der Waals surface area contributed by atoms with Gasteiger partial charge in [0.1, 0.15) is 17.8 Å². The molecule has 0 aromatic heterocycles. The molecule has 9 N–H and O–H groups in total. The Hall–Kier alpha value is -3.71. The number of rotatable bonds is 15.